The van der Waals surface area contributed by atoms with Gasteiger partial charge < -0.3 is 4.90 Å². The highest BCUT2D eigenvalue weighted by atomic mass is 35.5. The molecule has 0 aliphatic carbocycles. The lowest BCUT2D eigenvalue weighted by Gasteiger charge is -2.35. The van der Waals surface area contributed by atoms with Gasteiger partial charge in [-0.15, -0.1) is 0 Å². The summed E-state index contributed by atoms with van der Waals surface area (Å²) in [5, 5.41) is 1.14. The molecule has 1 aromatic carbocycles. The van der Waals surface area contributed by atoms with Gasteiger partial charge in [-0.2, -0.15) is 0 Å². The highest BCUT2D eigenvalue weighted by molar-refractivity contribution is 6.42. The second-order valence-corrected chi connectivity index (χ2v) is 8.38. The van der Waals surface area contributed by atoms with Gasteiger partial charge in [-0.05, 0) is 50.3 Å². The summed E-state index contributed by atoms with van der Waals surface area (Å²) in [4.78, 5) is 25.0. The fourth-order valence-electron chi connectivity index (χ4n) is 4.06. The fraction of sp³-hybridized carbons (Fsp3) is 0.500. The van der Waals surface area contributed by atoms with Gasteiger partial charge in [-0.3, -0.25) is 14.7 Å². The molecular formula is C20H24Cl2N4O. The van der Waals surface area contributed by atoms with Gasteiger partial charge in [0.1, 0.15) is 0 Å². The van der Waals surface area contributed by atoms with Crippen LogP contribution in [-0.4, -0.2) is 34.0 Å². The van der Waals surface area contributed by atoms with Crippen molar-refractivity contribution in [3.8, 4) is 0 Å². The molecule has 1 saturated heterocycles. The van der Waals surface area contributed by atoms with Gasteiger partial charge in [-0.1, -0.05) is 29.3 Å². The molecule has 144 valence electrons. The quantitative estimate of drug-likeness (QED) is 0.836. The molecule has 4 rings (SSSR count). The van der Waals surface area contributed by atoms with E-state index < -0.39 is 0 Å². The Morgan fingerprint density at radius 3 is 2.85 bits per heavy atom. The van der Waals surface area contributed by atoms with Crippen molar-refractivity contribution >= 4 is 29.2 Å². The molecule has 27 heavy (non-hydrogen) atoms. The van der Waals surface area contributed by atoms with Crippen LogP contribution in [0.1, 0.15) is 43.0 Å². The molecule has 1 atom stereocenters. The van der Waals surface area contributed by atoms with Crippen molar-refractivity contribution in [3.63, 3.8) is 0 Å². The molecule has 2 aliphatic rings. The Morgan fingerprint density at radius 1 is 1.22 bits per heavy atom. The summed E-state index contributed by atoms with van der Waals surface area (Å²) < 4.78 is 0. The van der Waals surface area contributed by atoms with E-state index in [-0.39, 0.29) is 5.56 Å². The second kappa shape index (κ2) is 7.82. The summed E-state index contributed by atoms with van der Waals surface area (Å²) in [6, 6.07) is 6.15. The van der Waals surface area contributed by atoms with E-state index in [2.05, 4.69) is 21.7 Å². The number of nitrogens with zero attached hydrogens (tertiary/aromatic N) is 3. The van der Waals surface area contributed by atoms with Gasteiger partial charge >= 0.3 is 0 Å². The van der Waals surface area contributed by atoms with E-state index in [0.717, 1.165) is 61.7 Å². The molecule has 0 radical (unpaired) electrons. The number of anilines is 1. The van der Waals surface area contributed by atoms with Crippen molar-refractivity contribution in [2.24, 2.45) is 0 Å². The predicted octanol–water partition coefficient (Wildman–Crippen LogP) is 4.01. The molecular weight excluding hydrogens is 383 g/mol. The third-order valence-corrected chi connectivity index (χ3v) is 6.34. The Morgan fingerprint density at radius 2 is 2.07 bits per heavy atom. The molecule has 2 aliphatic heterocycles. The Bertz CT molecular complexity index is 898. The first kappa shape index (κ1) is 18.8. The van der Waals surface area contributed by atoms with E-state index in [9.17, 15) is 4.79 Å². The maximum absolute atomic E-state index is 12.6. The molecule has 7 heteroatoms. The molecule has 0 saturated carbocycles. The van der Waals surface area contributed by atoms with Crippen LogP contribution in [0, 0.1) is 0 Å². The lowest BCUT2D eigenvalue weighted by molar-refractivity contribution is 0.240. The number of piperidine rings is 1. The Kier molecular flexibility index (Phi) is 5.44. The molecule has 2 aromatic rings. The molecule has 1 fully saturated rings. The van der Waals surface area contributed by atoms with Gasteiger partial charge in [0.15, 0.2) is 0 Å². The maximum atomic E-state index is 12.6. The van der Waals surface area contributed by atoms with E-state index in [1.807, 2.05) is 18.2 Å². The molecule has 5 nitrogen and oxygen atoms in total. The number of halogens is 2. The van der Waals surface area contributed by atoms with Gasteiger partial charge in [-0.25, -0.2) is 4.98 Å². The number of H-pyrrole nitrogens is 1. The summed E-state index contributed by atoms with van der Waals surface area (Å²) in [5.41, 5.74) is 2.86. The minimum atomic E-state index is 0.0157. The van der Waals surface area contributed by atoms with Crippen LogP contribution < -0.4 is 10.5 Å². The van der Waals surface area contributed by atoms with Crippen molar-refractivity contribution in [1.82, 2.24) is 14.9 Å². The van der Waals surface area contributed by atoms with Crippen LogP contribution in [0.25, 0.3) is 0 Å². The highest BCUT2D eigenvalue weighted by Gasteiger charge is 2.25. The number of aromatic nitrogens is 2. The SMILES string of the molecule is CC1CCCCN1c1nc2c(c(=O)[nH]1)CCN(Cc1ccc(Cl)c(Cl)c1)C2. The number of rotatable bonds is 3. The summed E-state index contributed by atoms with van der Waals surface area (Å²) in [6.45, 7) is 5.43. The van der Waals surface area contributed by atoms with Crippen LogP contribution in [0.15, 0.2) is 23.0 Å². The van der Waals surface area contributed by atoms with Crippen molar-refractivity contribution in [2.45, 2.75) is 51.7 Å². The van der Waals surface area contributed by atoms with Crippen molar-refractivity contribution in [1.29, 1.82) is 0 Å². The minimum Gasteiger partial charge on any atom is -0.340 e. The Hall–Kier alpha value is -1.56. The number of benzene rings is 1. The Balaban J connectivity index is 1.55. The van der Waals surface area contributed by atoms with Gasteiger partial charge in [0.25, 0.3) is 5.56 Å². The topological polar surface area (TPSA) is 52.2 Å². The molecule has 0 amide bonds. The zero-order chi connectivity index (χ0) is 19.0. The van der Waals surface area contributed by atoms with Gasteiger partial charge in [0.2, 0.25) is 5.95 Å². The van der Waals surface area contributed by atoms with Crippen LogP contribution in [0.2, 0.25) is 10.0 Å². The lowest BCUT2D eigenvalue weighted by Crippen LogP contribution is -2.41. The molecule has 1 N–H and O–H groups in total. The number of hydrogen-bond acceptors (Lipinski definition) is 4. The standard InChI is InChI=1S/C20H24Cl2N4O/c1-13-4-2-3-8-26(13)20-23-18-12-25(9-7-15(18)19(27)24-20)11-14-5-6-16(21)17(22)10-14/h5-6,10,13H,2-4,7-9,11-12H2,1H3,(H,23,24,27). The minimum absolute atomic E-state index is 0.0157. The van der Waals surface area contributed by atoms with Crippen LogP contribution in [0.5, 0.6) is 0 Å². The molecule has 0 bridgehead atoms. The summed E-state index contributed by atoms with van der Waals surface area (Å²) >= 11 is 12.2. The van der Waals surface area contributed by atoms with Crippen molar-refractivity contribution in [3.05, 3.63) is 55.4 Å². The van der Waals surface area contributed by atoms with E-state index in [4.69, 9.17) is 28.2 Å². The van der Waals surface area contributed by atoms with E-state index >= 15 is 0 Å². The number of fused-ring (bicyclic) bond motifs is 1. The summed E-state index contributed by atoms with van der Waals surface area (Å²) in [6.07, 6.45) is 4.25. The number of aromatic amines is 1. The first-order valence-corrected chi connectivity index (χ1v) is 10.3. The normalized spacial score (nSPS) is 20.6. The largest absolute Gasteiger partial charge is 0.340 e. The third-order valence-electron chi connectivity index (χ3n) is 5.61. The fourth-order valence-corrected chi connectivity index (χ4v) is 4.38. The highest BCUT2D eigenvalue weighted by Crippen LogP contribution is 2.26. The third kappa shape index (κ3) is 4.00. The smallest absolute Gasteiger partial charge is 0.255 e. The number of nitrogens with one attached hydrogen (secondary N) is 1. The van der Waals surface area contributed by atoms with E-state index in [1.165, 1.54) is 6.42 Å². The molecule has 0 spiro atoms. The van der Waals surface area contributed by atoms with Gasteiger partial charge in [0, 0.05) is 37.8 Å². The lowest BCUT2D eigenvalue weighted by atomic mass is 10.0. The average Bonchev–Trinajstić information content (AvgIpc) is 2.65. The summed E-state index contributed by atoms with van der Waals surface area (Å²) in [5.74, 6) is 0.724. The monoisotopic (exact) mass is 406 g/mol. The average molecular weight is 407 g/mol. The molecule has 3 heterocycles. The van der Waals surface area contributed by atoms with Crippen LogP contribution in [-0.2, 0) is 19.5 Å². The first-order valence-electron chi connectivity index (χ1n) is 9.56. The van der Waals surface area contributed by atoms with Crippen LogP contribution in [0.4, 0.5) is 5.95 Å². The van der Waals surface area contributed by atoms with Crippen molar-refractivity contribution < 1.29 is 0 Å². The molecule has 1 unspecified atom stereocenters. The predicted molar refractivity (Wildman–Crippen MR) is 110 cm³/mol. The second-order valence-electron chi connectivity index (χ2n) is 7.56. The first-order chi connectivity index (χ1) is 13.0. The summed E-state index contributed by atoms with van der Waals surface area (Å²) in [7, 11) is 0. The van der Waals surface area contributed by atoms with Crippen LogP contribution in [0.3, 0.4) is 0 Å². The van der Waals surface area contributed by atoms with E-state index in [0.29, 0.717) is 22.6 Å². The van der Waals surface area contributed by atoms with E-state index in [1.54, 1.807) is 0 Å². The Labute approximate surface area is 169 Å². The van der Waals surface area contributed by atoms with Crippen molar-refractivity contribution in [2.75, 3.05) is 18.0 Å². The zero-order valence-electron chi connectivity index (χ0n) is 15.5. The van der Waals surface area contributed by atoms with Crippen LogP contribution >= 0.6 is 23.2 Å². The zero-order valence-corrected chi connectivity index (χ0v) is 17.0. The maximum Gasteiger partial charge on any atom is 0.255 e. The molecule has 1 aromatic heterocycles. The van der Waals surface area contributed by atoms with Gasteiger partial charge in [0.05, 0.1) is 15.7 Å². The number of hydrogen-bond donors (Lipinski definition) is 1.